The molecule has 4 heterocycles. The van der Waals surface area contributed by atoms with Crippen LogP contribution in [0, 0.1) is 0 Å². The summed E-state index contributed by atoms with van der Waals surface area (Å²) in [5.41, 5.74) is 0.645. The number of carboxylic acids is 1. The van der Waals surface area contributed by atoms with E-state index in [0.29, 0.717) is 27.1 Å². The smallest absolute Gasteiger partial charge is 0.352 e. The lowest BCUT2D eigenvalue weighted by atomic mass is 10.0. The van der Waals surface area contributed by atoms with Gasteiger partial charge >= 0.3 is 5.97 Å². The van der Waals surface area contributed by atoms with E-state index in [2.05, 4.69) is 26.0 Å². The van der Waals surface area contributed by atoms with Gasteiger partial charge in [0.1, 0.15) is 24.2 Å². The first-order valence-corrected chi connectivity index (χ1v) is 13.6. The Morgan fingerprint density at radius 1 is 1.42 bits per heavy atom. The lowest BCUT2D eigenvalue weighted by molar-refractivity contribution is -0.150. The Labute approximate surface area is 205 Å². The van der Waals surface area contributed by atoms with Crippen LogP contribution < -0.4 is 5.32 Å². The number of oxime groups is 1. The maximum atomic E-state index is 12.9. The Kier molecular flexibility index (Phi) is 7.55. The summed E-state index contributed by atoms with van der Waals surface area (Å²) in [4.78, 5) is 44.5. The average Bonchev–Trinajstić information content (AvgIpc) is 3.23. The minimum Gasteiger partial charge on any atom is -0.477 e. The highest BCUT2D eigenvalue weighted by molar-refractivity contribution is 8.10. The van der Waals surface area contributed by atoms with Crippen molar-refractivity contribution >= 4 is 70.5 Å². The molecule has 0 aromatic carbocycles. The second-order valence-corrected chi connectivity index (χ2v) is 11.0. The quantitative estimate of drug-likeness (QED) is 0.207. The first-order valence-electron chi connectivity index (χ1n) is 9.54. The molecule has 1 saturated heterocycles. The van der Waals surface area contributed by atoms with Crippen LogP contribution in [0.4, 0.5) is 0 Å². The molecule has 0 radical (unpaired) electrons. The van der Waals surface area contributed by atoms with Gasteiger partial charge in [-0.3, -0.25) is 14.5 Å². The molecular formula is C17H19N7O5S4. The van der Waals surface area contributed by atoms with Crippen LogP contribution in [0.3, 0.4) is 0 Å². The number of aromatic nitrogens is 4. The molecule has 4 rings (SSSR count). The van der Waals surface area contributed by atoms with E-state index >= 15 is 0 Å². The molecule has 3 aliphatic rings. The number of nitrogens with one attached hydrogen (secondary N) is 1. The number of thioether (sulfide) groups is 4. The number of β-lactam (4-membered cyclic amide) rings is 1. The third-order valence-electron chi connectivity index (χ3n) is 4.77. The zero-order chi connectivity index (χ0) is 23.5. The van der Waals surface area contributed by atoms with Crippen molar-refractivity contribution in [3.63, 3.8) is 0 Å². The minimum atomic E-state index is -1.19. The SMILES string of the molecule is CO/N=C(\C(=O)NC1C(=O)N2C(C(=O)O)=C(CSc3nnnn3C)CS[C@H]12)C1=CSCCS1. The second-order valence-electron chi connectivity index (χ2n) is 6.82. The van der Waals surface area contributed by atoms with Gasteiger partial charge in [0, 0.05) is 35.0 Å². The molecule has 2 amide bonds. The number of hydrogen-bond acceptors (Lipinski definition) is 12. The van der Waals surface area contributed by atoms with E-state index in [1.165, 1.54) is 52.0 Å². The number of tetrazole rings is 1. The van der Waals surface area contributed by atoms with Crippen LogP contribution in [0.25, 0.3) is 0 Å². The van der Waals surface area contributed by atoms with Crippen LogP contribution in [0.5, 0.6) is 0 Å². The number of aliphatic carboxylic acids is 1. The van der Waals surface area contributed by atoms with Gasteiger partial charge in [0.25, 0.3) is 11.8 Å². The molecule has 3 aliphatic heterocycles. The van der Waals surface area contributed by atoms with Gasteiger partial charge in [0.15, 0.2) is 5.71 Å². The second kappa shape index (κ2) is 10.4. The van der Waals surface area contributed by atoms with Gasteiger partial charge in [-0.15, -0.1) is 40.4 Å². The van der Waals surface area contributed by atoms with Crippen molar-refractivity contribution in [2.75, 3.05) is 30.1 Å². The van der Waals surface area contributed by atoms with Gasteiger partial charge in [0.2, 0.25) is 5.16 Å². The summed E-state index contributed by atoms with van der Waals surface area (Å²) in [6.45, 7) is 0. The summed E-state index contributed by atoms with van der Waals surface area (Å²) in [7, 11) is 3.04. The normalized spacial score (nSPS) is 23.0. The number of rotatable bonds is 8. The Bertz CT molecular complexity index is 1070. The Morgan fingerprint density at radius 2 is 2.24 bits per heavy atom. The highest BCUT2D eigenvalue weighted by Gasteiger charge is 2.54. The summed E-state index contributed by atoms with van der Waals surface area (Å²) in [6.07, 6.45) is 0. The standard InChI is InChI=1S/C17H19N7O5S4/c1-23-17(19-21-22-23)33-6-8-5-32-15-11(14(26)24(15)12(8)16(27)28)18-13(25)10(20-29-2)9-7-30-3-4-31-9/h7,11,15H,3-6H2,1-2H3,(H,18,25)(H,27,28)/b20-10-/t11?,15-/m1/s1. The van der Waals surface area contributed by atoms with Gasteiger partial charge < -0.3 is 15.3 Å². The average molecular weight is 530 g/mol. The Morgan fingerprint density at radius 3 is 2.88 bits per heavy atom. The molecule has 176 valence electrons. The molecule has 1 aromatic rings. The molecule has 16 heteroatoms. The Hall–Kier alpha value is -2.17. The molecule has 0 saturated carbocycles. The van der Waals surface area contributed by atoms with Crippen LogP contribution in [-0.4, -0.2) is 95.2 Å². The molecule has 0 spiro atoms. The van der Waals surface area contributed by atoms with Gasteiger partial charge in [-0.25, -0.2) is 9.48 Å². The molecule has 33 heavy (non-hydrogen) atoms. The van der Waals surface area contributed by atoms with Crippen LogP contribution in [0.15, 0.2) is 31.9 Å². The fourth-order valence-electron chi connectivity index (χ4n) is 3.28. The fraction of sp³-hybridized carbons (Fsp3) is 0.471. The molecule has 1 unspecified atom stereocenters. The van der Waals surface area contributed by atoms with Crippen molar-refractivity contribution in [1.29, 1.82) is 0 Å². The molecule has 2 atom stereocenters. The number of hydrogen-bond donors (Lipinski definition) is 2. The van der Waals surface area contributed by atoms with Crippen molar-refractivity contribution in [2.45, 2.75) is 16.6 Å². The number of nitrogens with zero attached hydrogens (tertiary/aromatic N) is 6. The molecule has 0 bridgehead atoms. The fourth-order valence-corrected chi connectivity index (χ4v) is 7.68. The largest absolute Gasteiger partial charge is 0.477 e. The topological polar surface area (TPSA) is 152 Å². The maximum absolute atomic E-state index is 12.9. The van der Waals surface area contributed by atoms with Gasteiger partial charge in [0.05, 0.1) is 0 Å². The monoisotopic (exact) mass is 529 g/mol. The highest BCUT2D eigenvalue weighted by atomic mass is 32.2. The zero-order valence-electron chi connectivity index (χ0n) is 17.5. The highest BCUT2D eigenvalue weighted by Crippen LogP contribution is 2.41. The maximum Gasteiger partial charge on any atom is 0.352 e. The number of fused-ring (bicyclic) bond motifs is 1. The van der Waals surface area contributed by atoms with Crippen LogP contribution in [0.2, 0.25) is 0 Å². The van der Waals surface area contributed by atoms with Gasteiger partial charge in [-0.05, 0) is 21.4 Å². The molecule has 1 fully saturated rings. The third-order valence-corrected chi connectivity index (χ3v) is 9.49. The predicted octanol–water partition coefficient (Wildman–Crippen LogP) is 0.365. The lowest BCUT2D eigenvalue weighted by Gasteiger charge is -2.49. The van der Waals surface area contributed by atoms with Gasteiger partial charge in [-0.2, -0.15) is 0 Å². The zero-order valence-corrected chi connectivity index (χ0v) is 20.7. The van der Waals surface area contributed by atoms with E-state index in [4.69, 9.17) is 4.84 Å². The van der Waals surface area contributed by atoms with E-state index in [1.54, 1.807) is 18.8 Å². The first kappa shape index (κ1) is 24.0. The first-order chi connectivity index (χ1) is 15.9. The van der Waals surface area contributed by atoms with Crippen LogP contribution in [0.1, 0.15) is 0 Å². The molecular weight excluding hydrogens is 510 g/mol. The Balaban J connectivity index is 1.48. The van der Waals surface area contributed by atoms with Crippen molar-refractivity contribution in [3.8, 4) is 0 Å². The predicted molar refractivity (Wildman–Crippen MR) is 127 cm³/mol. The number of carbonyl (C=O) groups is 3. The van der Waals surface area contributed by atoms with Crippen molar-refractivity contribution in [3.05, 3.63) is 21.6 Å². The lowest BCUT2D eigenvalue weighted by Crippen LogP contribution is -2.71. The molecule has 0 aliphatic carbocycles. The number of carboxylic acid groups (broad SMARTS) is 1. The van der Waals surface area contributed by atoms with E-state index in [0.717, 1.165) is 11.5 Å². The number of carbonyl (C=O) groups excluding carboxylic acids is 2. The van der Waals surface area contributed by atoms with Crippen LogP contribution >= 0.6 is 47.0 Å². The summed E-state index contributed by atoms with van der Waals surface area (Å²) in [6, 6.07) is -0.849. The van der Waals surface area contributed by atoms with Gasteiger partial charge in [-0.1, -0.05) is 16.9 Å². The third kappa shape index (κ3) is 4.88. The van der Waals surface area contributed by atoms with E-state index in [9.17, 15) is 19.5 Å². The molecule has 1 aromatic heterocycles. The van der Waals surface area contributed by atoms with E-state index in [-0.39, 0.29) is 11.4 Å². The van der Waals surface area contributed by atoms with Crippen molar-refractivity contribution < 1.29 is 24.3 Å². The van der Waals surface area contributed by atoms with Crippen molar-refractivity contribution in [1.82, 2.24) is 30.4 Å². The van der Waals surface area contributed by atoms with E-state index in [1.807, 2.05) is 5.41 Å². The molecule has 12 nitrogen and oxygen atoms in total. The number of amides is 2. The van der Waals surface area contributed by atoms with E-state index < -0.39 is 29.2 Å². The summed E-state index contributed by atoms with van der Waals surface area (Å²) in [5.74, 6) is 0.294. The molecule has 2 N–H and O–H groups in total. The summed E-state index contributed by atoms with van der Waals surface area (Å²) in [5, 5.41) is 29.4. The van der Waals surface area contributed by atoms with Crippen LogP contribution in [-0.2, 0) is 26.3 Å². The number of aryl methyl sites for hydroxylation is 1. The van der Waals surface area contributed by atoms with Crippen molar-refractivity contribution in [2.24, 2.45) is 12.2 Å². The summed E-state index contributed by atoms with van der Waals surface area (Å²) < 4.78 is 1.49. The minimum absolute atomic E-state index is 0.0513. The summed E-state index contributed by atoms with van der Waals surface area (Å²) >= 11 is 5.76.